The van der Waals surface area contributed by atoms with E-state index in [0.717, 1.165) is 64.2 Å². The molecule has 408 valence electrons. The lowest BCUT2D eigenvalue weighted by Crippen LogP contribution is -2.45. The number of hydrogen-bond donors (Lipinski definition) is 3. The third-order valence-electron chi connectivity index (χ3n) is 12.9. The molecule has 0 saturated heterocycles. The monoisotopic (exact) mass is 1000 g/mol. The van der Waals surface area contributed by atoms with E-state index < -0.39 is 20.0 Å². The third kappa shape index (κ3) is 53.7. The van der Waals surface area contributed by atoms with Gasteiger partial charge in [-0.2, -0.15) is 0 Å². The lowest BCUT2D eigenvalue weighted by molar-refractivity contribution is -0.870. The first-order valence-electron chi connectivity index (χ1n) is 29.3. The predicted molar refractivity (Wildman–Crippen MR) is 304 cm³/mol. The topological polar surface area (TPSA) is 105 Å². The van der Waals surface area contributed by atoms with E-state index >= 15 is 0 Å². The number of carbonyl (C=O) groups is 1. The summed E-state index contributed by atoms with van der Waals surface area (Å²) >= 11 is 0. The van der Waals surface area contributed by atoms with Crippen molar-refractivity contribution in [1.29, 1.82) is 0 Å². The largest absolute Gasteiger partial charge is 0.472 e. The summed E-state index contributed by atoms with van der Waals surface area (Å²) in [5.74, 6) is -0.186. The van der Waals surface area contributed by atoms with E-state index in [1.807, 2.05) is 27.2 Å². The summed E-state index contributed by atoms with van der Waals surface area (Å²) in [6.45, 7) is 4.66. The third-order valence-corrected chi connectivity index (χ3v) is 13.9. The van der Waals surface area contributed by atoms with E-state index in [1.54, 1.807) is 6.08 Å². The fourth-order valence-electron chi connectivity index (χ4n) is 8.34. The number of amides is 1. The second kappa shape index (κ2) is 51.8. The van der Waals surface area contributed by atoms with Crippen molar-refractivity contribution >= 4 is 13.7 Å². The number of phosphoric ester groups is 1. The molecule has 0 bridgehead atoms. The van der Waals surface area contributed by atoms with E-state index in [4.69, 9.17) is 9.05 Å². The standard InChI is InChI=1S/C61H113N2O6P/c1-6-8-10-12-14-16-18-19-20-21-22-23-24-25-26-27-28-29-30-31-32-33-34-35-36-37-38-39-40-41-42-43-45-47-49-51-53-55-61(65)62-59(58-69-70(66,67)68-57-56-63(3,4)5)60(64)54-52-50-48-46-44-17-15-13-11-9-7-2/h8,10,14,16,19-20,22-23,44,46,52,54,59-60,64H,6-7,9,11-13,15,17-18,21,24-43,45,47-51,53,55-58H2,1-5H3,(H-,62,65,66,67)/p+1/b10-8-,16-14-,20-19-,23-22-,46-44+,54-52+. The van der Waals surface area contributed by atoms with E-state index in [2.05, 4.69) is 79.9 Å². The number of unbranched alkanes of at least 4 members (excludes halogenated alkanes) is 30. The highest BCUT2D eigenvalue weighted by Gasteiger charge is 2.27. The lowest BCUT2D eigenvalue weighted by atomic mass is 10.0. The maximum atomic E-state index is 12.9. The van der Waals surface area contributed by atoms with Gasteiger partial charge < -0.3 is 19.8 Å². The number of likely N-dealkylation sites (N-methyl/N-ethyl adjacent to an activating group) is 1. The molecule has 8 nitrogen and oxygen atoms in total. The number of nitrogens with one attached hydrogen (secondary N) is 1. The van der Waals surface area contributed by atoms with Gasteiger partial charge in [-0.3, -0.25) is 13.8 Å². The minimum absolute atomic E-state index is 0.0558. The molecule has 3 atom stereocenters. The molecule has 0 aromatic carbocycles. The van der Waals surface area contributed by atoms with Crippen LogP contribution in [0.2, 0.25) is 0 Å². The van der Waals surface area contributed by atoms with Crippen molar-refractivity contribution in [3.8, 4) is 0 Å². The normalized spacial score (nSPS) is 14.4. The zero-order chi connectivity index (χ0) is 51.3. The van der Waals surface area contributed by atoms with Crippen LogP contribution >= 0.6 is 7.82 Å². The maximum absolute atomic E-state index is 12.9. The molecule has 0 fully saturated rings. The molecule has 0 aliphatic carbocycles. The Bertz CT molecular complexity index is 1370. The first-order valence-corrected chi connectivity index (χ1v) is 30.8. The second-order valence-corrected chi connectivity index (χ2v) is 22.4. The molecule has 0 heterocycles. The average molecular weight is 1000 g/mol. The van der Waals surface area contributed by atoms with Gasteiger partial charge in [0.25, 0.3) is 0 Å². The molecule has 3 N–H and O–H groups in total. The Morgan fingerprint density at radius 1 is 0.500 bits per heavy atom. The van der Waals surface area contributed by atoms with Gasteiger partial charge in [0.2, 0.25) is 5.91 Å². The highest BCUT2D eigenvalue weighted by Crippen LogP contribution is 2.43. The molecule has 0 rings (SSSR count). The highest BCUT2D eigenvalue weighted by atomic mass is 31.2. The Hall–Kier alpha value is -2.06. The van der Waals surface area contributed by atoms with Crippen LogP contribution in [0.15, 0.2) is 72.9 Å². The van der Waals surface area contributed by atoms with Gasteiger partial charge in [0, 0.05) is 6.42 Å². The molecule has 0 aromatic heterocycles. The van der Waals surface area contributed by atoms with Gasteiger partial charge in [-0.15, -0.1) is 0 Å². The van der Waals surface area contributed by atoms with Gasteiger partial charge in [0.15, 0.2) is 0 Å². The summed E-state index contributed by atoms with van der Waals surface area (Å²) in [6.07, 6.45) is 71.8. The molecule has 0 aromatic rings. The maximum Gasteiger partial charge on any atom is 0.472 e. The molecule has 0 aliphatic heterocycles. The number of quaternary nitrogens is 1. The lowest BCUT2D eigenvalue weighted by Gasteiger charge is -2.25. The molecule has 9 heteroatoms. The molecule has 0 aliphatic rings. The fraction of sp³-hybridized carbons (Fsp3) is 0.787. The van der Waals surface area contributed by atoms with Gasteiger partial charge in [-0.05, 0) is 70.6 Å². The minimum Gasteiger partial charge on any atom is -0.387 e. The first kappa shape index (κ1) is 67.9. The SMILES string of the molecule is CC/C=C\C/C=C\C/C=C\C/C=C\CCCCCCCCCCCCCCCCCCCCCCCCCCC(=O)NC(COP(=O)(O)OCC[N+](C)(C)C)C(O)/C=C/CC/C=C/CCCCCCC. The van der Waals surface area contributed by atoms with Crippen molar-refractivity contribution in [2.45, 2.75) is 270 Å². The molecule has 3 unspecified atom stereocenters. The summed E-state index contributed by atoms with van der Waals surface area (Å²) in [5.41, 5.74) is 0. The number of carbonyl (C=O) groups excluding carboxylic acids is 1. The first-order chi connectivity index (χ1) is 34.0. The van der Waals surface area contributed by atoms with Gasteiger partial charge in [-0.1, -0.05) is 254 Å². The highest BCUT2D eigenvalue weighted by molar-refractivity contribution is 7.47. The van der Waals surface area contributed by atoms with Crippen LogP contribution in [-0.4, -0.2) is 73.4 Å². The van der Waals surface area contributed by atoms with Crippen molar-refractivity contribution in [2.75, 3.05) is 40.9 Å². The van der Waals surface area contributed by atoms with E-state index in [1.165, 1.54) is 173 Å². The summed E-state index contributed by atoms with van der Waals surface area (Å²) in [5, 5.41) is 13.8. The van der Waals surface area contributed by atoms with Crippen LogP contribution in [0.4, 0.5) is 0 Å². The Morgan fingerprint density at radius 3 is 1.31 bits per heavy atom. The van der Waals surface area contributed by atoms with Crippen LogP contribution in [0.25, 0.3) is 0 Å². The molecule has 0 radical (unpaired) electrons. The van der Waals surface area contributed by atoms with Crippen LogP contribution in [0.1, 0.15) is 258 Å². The Kier molecular flexibility index (Phi) is 50.3. The Labute approximate surface area is 434 Å². The number of allylic oxidation sites excluding steroid dienone is 11. The number of rotatable bonds is 53. The number of phosphoric acid groups is 1. The van der Waals surface area contributed by atoms with Gasteiger partial charge in [0.05, 0.1) is 39.9 Å². The van der Waals surface area contributed by atoms with Crippen molar-refractivity contribution in [3.63, 3.8) is 0 Å². The van der Waals surface area contributed by atoms with Gasteiger partial charge in [-0.25, -0.2) is 4.57 Å². The molecule has 70 heavy (non-hydrogen) atoms. The molecule has 1 amide bonds. The Morgan fingerprint density at radius 2 is 0.871 bits per heavy atom. The quantitative estimate of drug-likeness (QED) is 0.0243. The second-order valence-electron chi connectivity index (χ2n) is 21.0. The zero-order valence-corrected chi connectivity index (χ0v) is 47.4. The number of hydrogen-bond acceptors (Lipinski definition) is 5. The van der Waals surface area contributed by atoms with Crippen molar-refractivity contribution in [2.24, 2.45) is 0 Å². The molecular formula is C61H114N2O6P+. The van der Waals surface area contributed by atoms with Gasteiger partial charge >= 0.3 is 7.82 Å². The molecular weight excluding hydrogens is 888 g/mol. The van der Waals surface area contributed by atoms with Crippen LogP contribution in [0.5, 0.6) is 0 Å². The molecule has 0 saturated carbocycles. The summed E-state index contributed by atoms with van der Waals surface area (Å²) in [7, 11) is 1.56. The minimum atomic E-state index is -4.35. The van der Waals surface area contributed by atoms with Crippen molar-refractivity contribution < 1.29 is 32.9 Å². The van der Waals surface area contributed by atoms with Crippen LogP contribution in [-0.2, 0) is 18.4 Å². The fourth-order valence-corrected chi connectivity index (χ4v) is 9.08. The summed E-state index contributed by atoms with van der Waals surface area (Å²) in [6, 6.07) is -0.862. The van der Waals surface area contributed by atoms with Gasteiger partial charge in [0.1, 0.15) is 13.2 Å². The zero-order valence-electron chi connectivity index (χ0n) is 46.5. The summed E-state index contributed by atoms with van der Waals surface area (Å²) in [4.78, 5) is 23.2. The summed E-state index contributed by atoms with van der Waals surface area (Å²) < 4.78 is 23.6. The number of aliphatic hydroxyl groups excluding tert-OH is 1. The number of aliphatic hydroxyl groups is 1. The smallest absolute Gasteiger partial charge is 0.387 e. The van der Waals surface area contributed by atoms with Crippen LogP contribution in [0.3, 0.4) is 0 Å². The number of nitrogens with zero attached hydrogens (tertiary/aromatic N) is 1. The average Bonchev–Trinajstić information content (AvgIpc) is 3.32. The van der Waals surface area contributed by atoms with Crippen molar-refractivity contribution in [3.05, 3.63) is 72.9 Å². The van der Waals surface area contributed by atoms with Crippen LogP contribution in [0, 0.1) is 0 Å². The van der Waals surface area contributed by atoms with Crippen molar-refractivity contribution in [1.82, 2.24) is 5.32 Å². The van der Waals surface area contributed by atoms with Crippen LogP contribution < -0.4 is 5.32 Å². The van der Waals surface area contributed by atoms with E-state index in [0.29, 0.717) is 17.4 Å². The Balaban J connectivity index is 3.90. The van der Waals surface area contributed by atoms with E-state index in [-0.39, 0.29) is 19.1 Å². The molecule has 0 spiro atoms. The van der Waals surface area contributed by atoms with E-state index in [9.17, 15) is 19.4 Å². The predicted octanol–water partition coefficient (Wildman–Crippen LogP) is 17.9.